The van der Waals surface area contributed by atoms with Gasteiger partial charge in [-0.05, 0) is 38.0 Å². The molecule has 22 heavy (non-hydrogen) atoms. The van der Waals surface area contributed by atoms with E-state index in [1.807, 2.05) is 13.8 Å². The quantitative estimate of drug-likeness (QED) is 0.679. The first-order valence-electron chi connectivity index (χ1n) is 8.23. The summed E-state index contributed by atoms with van der Waals surface area (Å²) in [5.41, 5.74) is 5.47. The maximum atomic E-state index is 13.0. The van der Waals surface area contributed by atoms with Crippen LogP contribution < -0.4 is 15.2 Å². The summed E-state index contributed by atoms with van der Waals surface area (Å²) < 4.78 is 0. The molecule has 0 spiro atoms. The van der Waals surface area contributed by atoms with E-state index in [1.165, 1.54) is 23.6 Å². The van der Waals surface area contributed by atoms with Crippen molar-refractivity contribution in [1.82, 2.24) is 4.98 Å². The zero-order chi connectivity index (χ0) is 15.9. The number of rotatable bonds is 2. The molecule has 1 saturated heterocycles. The van der Waals surface area contributed by atoms with E-state index in [1.54, 1.807) is 4.90 Å². The molecule has 0 saturated carbocycles. The molecule has 0 amide bonds. The number of pyridine rings is 1. The number of fused-ring (bicyclic) bond motifs is 1. The Labute approximate surface area is 131 Å². The molecule has 4 heteroatoms. The average molecular weight is 301 g/mol. The van der Waals surface area contributed by atoms with E-state index < -0.39 is 0 Å². The lowest BCUT2D eigenvalue weighted by Gasteiger charge is -2.27. The molecule has 0 bridgehead atoms. The Balaban J connectivity index is 2.01. The number of nitrogens with one attached hydrogen (secondary N) is 3. The third-order valence-corrected chi connectivity index (χ3v) is 4.99. The van der Waals surface area contributed by atoms with E-state index in [9.17, 15) is 4.79 Å². The lowest BCUT2D eigenvalue weighted by atomic mass is 10.0. The number of aromatic nitrogens is 1. The zero-order valence-corrected chi connectivity index (χ0v) is 14.1. The highest BCUT2D eigenvalue weighted by molar-refractivity contribution is 5.83. The van der Waals surface area contributed by atoms with Gasteiger partial charge in [0.1, 0.15) is 32.7 Å². The maximum Gasteiger partial charge on any atom is 0.198 e. The second kappa shape index (κ2) is 5.86. The van der Waals surface area contributed by atoms with Gasteiger partial charge in [0, 0.05) is 11.1 Å². The number of aromatic amines is 1. The molecule has 3 N–H and O–H groups in total. The zero-order valence-electron chi connectivity index (χ0n) is 14.1. The van der Waals surface area contributed by atoms with Crippen molar-refractivity contribution >= 4 is 10.9 Å². The van der Waals surface area contributed by atoms with E-state index in [2.05, 4.69) is 31.1 Å². The Morgan fingerprint density at radius 2 is 1.77 bits per heavy atom. The molecule has 4 nitrogen and oxygen atoms in total. The Morgan fingerprint density at radius 3 is 2.45 bits per heavy atom. The van der Waals surface area contributed by atoms with Gasteiger partial charge in [0.2, 0.25) is 0 Å². The average Bonchev–Trinajstić information content (AvgIpc) is 2.44. The van der Waals surface area contributed by atoms with Gasteiger partial charge in [0.15, 0.2) is 5.43 Å². The summed E-state index contributed by atoms with van der Waals surface area (Å²) in [7, 11) is 2.25. The van der Waals surface area contributed by atoms with Crippen LogP contribution in [-0.2, 0) is 6.54 Å². The van der Waals surface area contributed by atoms with Gasteiger partial charge in [-0.3, -0.25) is 4.79 Å². The molecule has 1 fully saturated rings. The molecule has 1 aliphatic rings. The minimum absolute atomic E-state index is 0.225. The Kier molecular flexibility index (Phi) is 4.06. The Morgan fingerprint density at radius 1 is 1.09 bits per heavy atom. The second-order valence-corrected chi connectivity index (χ2v) is 6.95. The van der Waals surface area contributed by atoms with Crippen LogP contribution in [0.5, 0.6) is 0 Å². The van der Waals surface area contributed by atoms with Crippen molar-refractivity contribution in [3.05, 3.63) is 44.7 Å². The number of aryl methyl sites for hydroxylation is 3. The predicted octanol–water partition coefficient (Wildman–Crippen LogP) is -0.633. The van der Waals surface area contributed by atoms with E-state index >= 15 is 0 Å². The molecule has 2 aromatic rings. The molecule has 0 unspecified atom stereocenters. The standard InChI is InChI=1S/C18H25N3O/c1-12-9-13(2)17-16(10-12)19-14(3)15(18(17)22)11-21-7-5-20(4)6-8-21/h9-10H,5-8,11H2,1-4H3,(H,19,22)/p+2. The van der Waals surface area contributed by atoms with Crippen molar-refractivity contribution < 1.29 is 9.80 Å². The van der Waals surface area contributed by atoms with Crippen LogP contribution in [0.2, 0.25) is 0 Å². The van der Waals surface area contributed by atoms with Gasteiger partial charge in [-0.15, -0.1) is 0 Å². The summed E-state index contributed by atoms with van der Waals surface area (Å²) in [6, 6.07) is 4.18. The van der Waals surface area contributed by atoms with E-state index in [-0.39, 0.29) is 5.43 Å². The summed E-state index contributed by atoms with van der Waals surface area (Å²) in [6.45, 7) is 11.7. The van der Waals surface area contributed by atoms with E-state index in [0.29, 0.717) is 0 Å². The van der Waals surface area contributed by atoms with Crippen LogP contribution in [0.3, 0.4) is 0 Å². The first-order chi connectivity index (χ1) is 10.5. The summed E-state index contributed by atoms with van der Waals surface area (Å²) >= 11 is 0. The number of likely N-dealkylation sites (N-methyl/N-ethyl adjacent to an activating group) is 1. The van der Waals surface area contributed by atoms with Crippen LogP contribution in [0.15, 0.2) is 16.9 Å². The van der Waals surface area contributed by atoms with Gasteiger partial charge < -0.3 is 14.8 Å². The number of hydrogen-bond donors (Lipinski definition) is 3. The Hall–Kier alpha value is -1.65. The topological polar surface area (TPSA) is 41.7 Å². The van der Waals surface area contributed by atoms with Gasteiger partial charge in [0.05, 0.1) is 18.1 Å². The number of H-pyrrole nitrogens is 1. The molecule has 0 radical (unpaired) electrons. The first kappa shape index (κ1) is 15.3. The molecule has 0 aliphatic carbocycles. The fourth-order valence-electron chi connectivity index (χ4n) is 3.64. The normalized spacial score (nSPS) is 22.2. The minimum atomic E-state index is 0.225. The third-order valence-electron chi connectivity index (χ3n) is 4.99. The highest BCUT2D eigenvalue weighted by Crippen LogP contribution is 2.17. The van der Waals surface area contributed by atoms with Crippen LogP contribution in [-0.4, -0.2) is 38.2 Å². The fraction of sp³-hybridized carbons (Fsp3) is 0.500. The lowest BCUT2D eigenvalue weighted by Crippen LogP contribution is -3.26. The van der Waals surface area contributed by atoms with Crippen LogP contribution in [0.1, 0.15) is 22.4 Å². The Bertz CT molecular complexity index is 755. The van der Waals surface area contributed by atoms with E-state index in [0.717, 1.165) is 47.4 Å². The highest BCUT2D eigenvalue weighted by Gasteiger charge is 2.22. The summed E-state index contributed by atoms with van der Waals surface area (Å²) in [5.74, 6) is 0. The van der Waals surface area contributed by atoms with Crippen molar-refractivity contribution in [2.24, 2.45) is 0 Å². The number of quaternary nitrogens is 2. The summed E-state index contributed by atoms with van der Waals surface area (Å²) in [6.07, 6.45) is 0. The van der Waals surface area contributed by atoms with Gasteiger partial charge in [0.25, 0.3) is 0 Å². The van der Waals surface area contributed by atoms with Gasteiger partial charge in [-0.25, -0.2) is 0 Å². The summed E-state index contributed by atoms with van der Waals surface area (Å²) in [5, 5.41) is 0.866. The first-order valence-corrected chi connectivity index (χ1v) is 8.23. The molecule has 1 aromatic carbocycles. The molecule has 0 atom stereocenters. The van der Waals surface area contributed by atoms with Crippen molar-refractivity contribution in [1.29, 1.82) is 0 Å². The summed E-state index contributed by atoms with van der Waals surface area (Å²) in [4.78, 5) is 19.6. The minimum Gasteiger partial charge on any atom is -0.358 e. The predicted molar refractivity (Wildman–Crippen MR) is 89.8 cm³/mol. The molecule has 118 valence electrons. The lowest BCUT2D eigenvalue weighted by molar-refractivity contribution is -1.01. The van der Waals surface area contributed by atoms with Gasteiger partial charge in [-0.1, -0.05) is 6.07 Å². The third kappa shape index (κ3) is 2.81. The maximum absolute atomic E-state index is 13.0. The smallest absolute Gasteiger partial charge is 0.198 e. The number of benzene rings is 1. The largest absolute Gasteiger partial charge is 0.358 e. The van der Waals surface area contributed by atoms with Crippen molar-refractivity contribution in [3.63, 3.8) is 0 Å². The second-order valence-electron chi connectivity index (χ2n) is 6.95. The highest BCUT2D eigenvalue weighted by atomic mass is 16.1. The van der Waals surface area contributed by atoms with Crippen LogP contribution in [0, 0.1) is 20.8 Å². The number of hydrogen-bond acceptors (Lipinski definition) is 1. The molecular formula is C18H27N3O+2. The van der Waals surface area contributed by atoms with Crippen LogP contribution in [0.25, 0.3) is 10.9 Å². The molecule has 1 aromatic heterocycles. The van der Waals surface area contributed by atoms with Gasteiger partial charge >= 0.3 is 0 Å². The molecule has 2 heterocycles. The molecule has 3 rings (SSSR count). The molecule has 1 aliphatic heterocycles. The number of piperazine rings is 1. The molecular weight excluding hydrogens is 274 g/mol. The van der Waals surface area contributed by atoms with E-state index in [4.69, 9.17) is 0 Å². The monoisotopic (exact) mass is 301 g/mol. The van der Waals surface area contributed by atoms with Crippen molar-refractivity contribution in [2.45, 2.75) is 27.3 Å². The van der Waals surface area contributed by atoms with Crippen molar-refractivity contribution in [3.8, 4) is 0 Å². The van der Waals surface area contributed by atoms with Crippen LogP contribution >= 0.6 is 0 Å². The SMILES string of the molecule is Cc1cc(C)c2c(=O)c(C[NH+]3CC[NH+](C)CC3)c(C)[nH]c2c1. The fourth-order valence-corrected chi connectivity index (χ4v) is 3.64. The van der Waals surface area contributed by atoms with Crippen LogP contribution in [0.4, 0.5) is 0 Å². The van der Waals surface area contributed by atoms with Gasteiger partial charge in [-0.2, -0.15) is 0 Å². The van der Waals surface area contributed by atoms with Crippen molar-refractivity contribution in [2.75, 3.05) is 33.2 Å².